The molecule has 1 fully saturated rings. The van der Waals surface area contributed by atoms with Crippen molar-refractivity contribution < 1.29 is 17.6 Å². The summed E-state index contributed by atoms with van der Waals surface area (Å²) in [5.41, 5.74) is 5.40. The molecule has 0 amide bonds. The molecule has 0 radical (unpaired) electrons. The maximum Gasteiger partial charge on any atom is 0.413 e. The lowest BCUT2D eigenvalue weighted by atomic mass is 9.96. The Morgan fingerprint density at radius 1 is 1.20 bits per heavy atom. The summed E-state index contributed by atoms with van der Waals surface area (Å²) in [4.78, 5) is 4.16. The Hall–Kier alpha value is -3.75. The predicted octanol–water partition coefficient (Wildman–Crippen LogP) is 6.77. The number of nitrogens with zero attached hydrogens (tertiary/aromatic N) is 3. The van der Waals surface area contributed by atoms with Gasteiger partial charge in [0.15, 0.2) is 11.4 Å². The van der Waals surface area contributed by atoms with E-state index >= 15 is 4.39 Å². The third-order valence-electron chi connectivity index (χ3n) is 6.98. The lowest BCUT2D eigenvalue weighted by Crippen LogP contribution is -2.52. The van der Waals surface area contributed by atoms with Crippen LogP contribution in [0.15, 0.2) is 54.5 Å². The largest absolute Gasteiger partial charge is 0.413 e. The number of hydrogen-bond donors (Lipinski definition) is 4. The second-order valence-corrected chi connectivity index (χ2v) is 11.7. The Bertz CT molecular complexity index is 1520. The first-order valence-electron chi connectivity index (χ1n) is 12.7. The molecule has 1 atom stereocenters. The van der Waals surface area contributed by atoms with Gasteiger partial charge in [0.05, 0.1) is 23.0 Å². The van der Waals surface area contributed by atoms with Crippen LogP contribution in [0.3, 0.4) is 0 Å². The van der Waals surface area contributed by atoms with E-state index in [0.29, 0.717) is 39.6 Å². The lowest BCUT2D eigenvalue weighted by molar-refractivity contribution is -0.195. The standard InChI is InChI=1S/C28H28ClF4N7/c1-26(2,3)15-36-23-16(12-34)13-35-24-19(23)10-17(11-21(24)30)37-25(18-6-4-5-7-20(18)29)22-14-40(39-38-22)27(8-9-27)28(31,32)33/h4-7,10-11,13-14,25,37-39H,8-9,15H2,1-3H3,(H,35,36)/t25-/m0/s1. The molecule has 2 heterocycles. The maximum atomic E-state index is 15.4. The van der Waals surface area contributed by atoms with Crippen LogP contribution in [0.2, 0.25) is 5.02 Å². The molecule has 0 bridgehead atoms. The first kappa shape index (κ1) is 27.8. The fourth-order valence-electron chi connectivity index (χ4n) is 4.66. The molecule has 2 aliphatic rings. The highest BCUT2D eigenvalue weighted by Gasteiger charge is 2.67. The molecular weight excluding hydrogens is 546 g/mol. The number of hydrogen-bond acceptors (Lipinski definition) is 7. The Kier molecular flexibility index (Phi) is 6.96. The number of anilines is 2. The van der Waals surface area contributed by atoms with E-state index in [4.69, 9.17) is 11.6 Å². The molecule has 1 aromatic heterocycles. The van der Waals surface area contributed by atoms with Crippen molar-refractivity contribution in [3.05, 3.63) is 76.5 Å². The number of pyridine rings is 1. The number of nitriles is 1. The SMILES string of the molecule is CC(C)(C)CNc1c(C#N)cnc2c(F)cc(N[C@H](C3=CN(C4(C(F)(F)F)CC4)NN3)c3ccccc3Cl)cc12. The fourth-order valence-corrected chi connectivity index (χ4v) is 4.90. The molecule has 1 aliphatic heterocycles. The fraction of sp³-hybridized carbons (Fsp3) is 0.357. The van der Waals surface area contributed by atoms with Crippen molar-refractivity contribution in [3.8, 4) is 6.07 Å². The molecule has 0 saturated heterocycles. The molecule has 0 spiro atoms. The van der Waals surface area contributed by atoms with Gasteiger partial charge in [-0.25, -0.2) is 4.39 Å². The minimum absolute atomic E-state index is 0.0341. The Labute approximate surface area is 234 Å². The summed E-state index contributed by atoms with van der Waals surface area (Å²) in [7, 11) is 0. The van der Waals surface area contributed by atoms with E-state index in [1.54, 1.807) is 30.3 Å². The summed E-state index contributed by atoms with van der Waals surface area (Å²) in [5, 5.41) is 18.0. The van der Waals surface area contributed by atoms with Gasteiger partial charge in [0, 0.05) is 35.0 Å². The average molecular weight is 574 g/mol. The van der Waals surface area contributed by atoms with Crippen LogP contribution < -0.4 is 21.6 Å². The number of rotatable bonds is 7. The first-order chi connectivity index (χ1) is 18.8. The van der Waals surface area contributed by atoms with Crippen LogP contribution in [0.5, 0.6) is 0 Å². The van der Waals surface area contributed by atoms with Crippen LogP contribution in [0.25, 0.3) is 10.9 Å². The molecule has 40 heavy (non-hydrogen) atoms. The highest BCUT2D eigenvalue weighted by molar-refractivity contribution is 6.31. The van der Waals surface area contributed by atoms with Gasteiger partial charge < -0.3 is 16.1 Å². The van der Waals surface area contributed by atoms with Gasteiger partial charge >= 0.3 is 6.18 Å². The number of alkyl halides is 3. The predicted molar refractivity (Wildman–Crippen MR) is 146 cm³/mol. The monoisotopic (exact) mass is 573 g/mol. The van der Waals surface area contributed by atoms with Crippen molar-refractivity contribution in [2.75, 3.05) is 17.2 Å². The summed E-state index contributed by atoms with van der Waals surface area (Å²) in [6, 6.07) is 11.2. The zero-order valence-corrected chi connectivity index (χ0v) is 22.8. The lowest BCUT2D eigenvalue weighted by Gasteiger charge is -2.28. The quantitative estimate of drug-likeness (QED) is 0.232. The molecule has 210 valence electrons. The van der Waals surface area contributed by atoms with Crippen LogP contribution in [-0.4, -0.2) is 28.3 Å². The van der Waals surface area contributed by atoms with E-state index in [2.05, 4.69) is 32.6 Å². The summed E-state index contributed by atoms with van der Waals surface area (Å²) in [6.45, 7) is 6.60. The van der Waals surface area contributed by atoms with Crippen molar-refractivity contribution in [2.45, 2.75) is 51.4 Å². The second kappa shape index (κ2) is 10.0. The van der Waals surface area contributed by atoms with E-state index in [1.807, 2.05) is 20.8 Å². The number of fused-ring (bicyclic) bond motifs is 1. The molecule has 5 rings (SSSR count). The third kappa shape index (κ3) is 5.21. The topological polar surface area (TPSA) is 88.0 Å². The second-order valence-electron chi connectivity index (χ2n) is 11.2. The van der Waals surface area contributed by atoms with Gasteiger partial charge in [-0.3, -0.25) is 9.99 Å². The Morgan fingerprint density at radius 3 is 2.55 bits per heavy atom. The first-order valence-corrected chi connectivity index (χ1v) is 13.1. The number of nitrogens with one attached hydrogen (secondary N) is 4. The van der Waals surface area contributed by atoms with E-state index in [-0.39, 0.29) is 29.3 Å². The van der Waals surface area contributed by atoms with Crippen LogP contribution >= 0.6 is 11.6 Å². The van der Waals surface area contributed by atoms with E-state index < -0.39 is 23.6 Å². The molecule has 3 aromatic rings. The highest BCUT2D eigenvalue weighted by Crippen LogP contribution is 2.54. The maximum absolute atomic E-state index is 15.4. The van der Waals surface area contributed by atoms with Gasteiger partial charge in [-0.2, -0.15) is 18.4 Å². The number of benzene rings is 2. The molecule has 2 aromatic carbocycles. The van der Waals surface area contributed by atoms with Crippen molar-refractivity contribution in [1.82, 2.24) is 21.0 Å². The van der Waals surface area contributed by atoms with Gasteiger partial charge in [-0.15, -0.1) is 5.53 Å². The van der Waals surface area contributed by atoms with E-state index in [9.17, 15) is 18.4 Å². The van der Waals surface area contributed by atoms with Gasteiger partial charge in [0.25, 0.3) is 0 Å². The summed E-state index contributed by atoms with van der Waals surface area (Å²) >= 11 is 6.51. The molecule has 12 heteroatoms. The van der Waals surface area contributed by atoms with Crippen molar-refractivity contribution in [1.29, 1.82) is 5.26 Å². The zero-order chi connectivity index (χ0) is 28.9. The number of aromatic nitrogens is 1. The molecule has 0 unspecified atom stereocenters. The summed E-state index contributed by atoms with van der Waals surface area (Å²) < 4.78 is 56.7. The molecule has 1 saturated carbocycles. The van der Waals surface area contributed by atoms with Crippen molar-refractivity contribution >= 4 is 33.9 Å². The van der Waals surface area contributed by atoms with Crippen molar-refractivity contribution in [3.63, 3.8) is 0 Å². The Balaban J connectivity index is 1.57. The zero-order valence-electron chi connectivity index (χ0n) is 22.0. The smallest absolute Gasteiger partial charge is 0.383 e. The van der Waals surface area contributed by atoms with Crippen LogP contribution in [0.1, 0.15) is 50.8 Å². The van der Waals surface area contributed by atoms with Gasteiger partial charge in [-0.1, -0.05) is 50.6 Å². The molecule has 4 N–H and O–H groups in total. The summed E-state index contributed by atoms with van der Waals surface area (Å²) in [6.07, 6.45) is -1.80. The van der Waals surface area contributed by atoms with Crippen LogP contribution in [0, 0.1) is 22.6 Å². The van der Waals surface area contributed by atoms with Gasteiger partial charge in [0.2, 0.25) is 0 Å². The van der Waals surface area contributed by atoms with Crippen molar-refractivity contribution in [2.24, 2.45) is 5.41 Å². The number of halogens is 5. The average Bonchev–Trinajstić information content (AvgIpc) is 3.57. The van der Waals surface area contributed by atoms with Gasteiger partial charge in [0.1, 0.15) is 11.6 Å². The normalized spacial score (nSPS) is 17.2. The van der Waals surface area contributed by atoms with E-state index in [1.165, 1.54) is 18.5 Å². The van der Waals surface area contributed by atoms with Crippen LogP contribution in [-0.2, 0) is 0 Å². The van der Waals surface area contributed by atoms with Gasteiger partial charge in [-0.05, 0) is 42.0 Å². The highest BCUT2D eigenvalue weighted by atomic mass is 35.5. The Morgan fingerprint density at radius 2 is 1.93 bits per heavy atom. The molecule has 7 nitrogen and oxygen atoms in total. The third-order valence-corrected chi connectivity index (χ3v) is 7.32. The minimum Gasteiger partial charge on any atom is -0.383 e. The molecular formula is C28H28ClF4N7. The van der Waals surface area contributed by atoms with Crippen LogP contribution in [0.4, 0.5) is 28.9 Å². The number of hydrazine groups is 2. The minimum atomic E-state index is -4.43. The summed E-state index contributed by atoms with van der Waals surface area (Å²) in [5.74, 6) is -0.622. The molecule has 1 aliphatic carbocycles. The van der Waals surface area contributed by atoms with E-state index in [0.717, 1.165) is 5.01 Å².